The van der Waals surface area contributed by atoms with Crippen molar-refractivity contribution in [2.75, 3.05) is 0 Å². The van der Waals surface area contributed by atoms with E-state index in [1.54, 1.807) is 0 Å². The smallest absolute Gasteiger partial charge is 0.312 e. The molecule has 1 saturated carbocycles. The number of carboxylic acids is 1. The van der Waals surface area contributed by atoms with Crippen molar-refractivity contribution in [1.82, 2.24) is 5.32 Å². The molecular formula is C14H25NO3. The van der Waals surface area contributed by atoms with E-state index >= 15 is 0 Å². The van der Waals surface area contributed by atoms with E-state index in [0.717, 1.165) is 31.6 Å². The molecule has 0 aromatic heterocycles. The maximum Gasteiger partial charge on any atom is 0.312 e. The van der Waals surface area contributed by atoms with E-state index < -0.39 is 12.4 Å². The molecule has 18 heavy (non-hydrogen) atoms. The Kier molecular flexibility index (Phi) is 5.17. The maximum atomic E-state index is 11.4. The minimum absolute atomic E-state index is 0.167. The van der Waals surface area contributed by atoms with Crippen LogP contribution in [0.15, 0.2) is 0 Å². The van der Waals surface area contributed by atoms with Crippen molar-refractivity contribution in [2.45, 2.75) is 65.3 Å². The Morgan fingerprint density at radius 2 is 1.78 bits per heavy atom. The van der Waals surface area contributed by atoms with Gasteiger partial charge in [-0.3, -0.25) is 9.59 Å². The van der Waals surface area contributed by atoms with E-state index in [1.165, 1.54) is 6.42 Å². The van der Waals surface area contributed by atoms with Gasteiger partial charge in [-0.05, 0) is 37.0 Å². The van der Waals surface area contributed by atoms with Crippen molar-refractivity contribution in [1.29, 1.82) is 0 Å². The van der Waals surface area contributed by atoms with Crippen molar-refractivity contribution >= 4 is 11.9 Å². The fourth-order valence-electron chi connectivity index (χ4n) is 2.72. The monoisotopic (exact) mass is 255 g/mol. The summed E-state index contributed by atoms with van der Waals surface area (Å²) in [6, 6.07) is 0.167. The van der Waals surface area contributed by atoms with E-state index in [-0.39, 0.29) is 11.9 Å². The summed E-state index contributed by atoms with van der Waals surface area (Å²) in [6.07, 6.45) is 4.95. The standard InChI is InChI=1S/C14H25NO3/c1-4-14(2,3)10-5-7-11(8-6-10)15-12(16)9-13(17)18/h10-11H,4-9H2,1-3H3,(H,15,16)(H,17,18). The van der Waals surface area contributed by atoms with Crippen LogP contribution < -0.4 is 5.32 Å². The lowest BCUT2D eigenvalue weighted by molar-refractivity contribution is -0.140. The van der Waals surface area contributed by atoms with Gasteiger partial charge in [-0.25, -0.2) is 0 Å². The molecule has 4 nitrogen and oxygen atoms in total. The van der Waals surface area contributed by atoms with E-state index in [9.17, 15) is 9.59 Å². The van der Waals surface area contributed by atoms with Crippen LogP contribution in [0.1, 0.15) is 59.3 Å². The van der Waals surface area contributed by atoms with Gasteiger partial charge in [0.25, 0.3) is 0 Å². The first-order chi connectivity index (χ1) is 8.35. The van der Waals surface area contributed by atoms with Gasteiger partial charge in [0.2, 0.25) is 5.91 Å². The van der Waals surface area contributed by atoms with E-state index in [2.05, 4.69) is 26.1 Å². The zero-order valence-electron chi connectivity index (χ0n) is 11.7. The summed E-state index contributed by atoms with van der Waals surface area (Å²) in [6.45, 7) is 6.84. The van der Waals surface area contributed by atoms with Crippen LogP contribution in [-0.4, -0.2) is 23.0 Å². The second-order valence-electron chi connectivity index (χ2n) is 6.03. The number of carboxylic acid groups (broad SMARTS) is 1. The molecule has 1 aliphatic carbocycles. The van der Waals surface area contributed by atoms with Crippen molar-refractivity contribution in [3.8, 4) is 0 Å². The molecule has 0 unspecified atom stereocenters. The van der Waals surface area contributed by atoms with Gasteiger partial charge in [0.15, 0.2) is 0 Å². The number of hydrogen-bond donors (Lipinski definition) is 2. The molecule has 1 aliphatic rings. The largest absolute Gasteiger partial charge is 0.481 e. The number of hydrogen-bond acceptors (Lipinski definition) is 2. The van der Waals surface area contributed by atoms with Crippen LogP contribution in [0.5, 0.6) is 0 Å². The topological polar surface area (TPSA) is 66.4 Å². The van der Waals surface area contributed by atoms with Crippen LogP contribution in [-0.2, 0) is 9.59 Å². The fourth-order valence-corrected chi connectivity index (χ4v) is 2.72. The minimum Gasteiger partial charge on any atom is -0.481 e. The number of rotatable bonds is 5. The van der Waals surface area contributed by atoms with Gasteiger partial charge in [-0.15, -0.1) is 0 Å². The van der Waals surface area contributed by atoms with Crippen LogP contribution in [0, 0.1) is 11.3 Å². The SMILES string of the molecule is CCC(C)(C)C1CCC(NC(=O)CC(=O)O)CC1. The molecule has 0 atom stereocenters. The third-order valence-electron chi connectivity index (χ3n) is 4.42. The van der Waals surface area contributed by atoms with Crippen LogP contribution in [0.4, 0.5) is 0 Å². The molecule has 1 fully saturated rings. The molecule has 1 amide bonds. The Bertz CT molecular complexity index is 304. The number of aliphatic carboxylic acids is 1. The summed E-state index contributed by atoms with van der Waals surface area (Å²) in [5.41, 5.74) is 0.371. The average molecular weight is 255 g/mol. The molecule has 0 spiro atoms. The van der Waals surface area contributed by atoms with Crippen LogP contribution in [0.3, 0.4) is 0 Å². The van der Waals surface area contributed by atoms with Crippen LogP contribution >= 0.6 is 0 Å². The summed E-state index contributed by atoms with van der Waals surface area (Å²) in [7, 11) is 0. The van der Waals surface area contributed by atoms with Crippen molar-refractivity contribution in [2.24, 2.45) is 11.3 Å². The van der Waals surface area contributed by atoms with Crippen LogP contribution in [0.2, 0.25) is 0 Å². The summed E-state index contributed by atoms with van der Waals surface area (Å²) < 4.78 is 0. The third kappa shape index (κ3) is 4.31. The number of amides is 1. The van der Waals surface area contributed by atoms with Gasteiger partial charge in [0, 0.05) is 6.04 Å². The van der Waals surface area contributed by atoms with Crippen LogP contribution in [0.25, 0.3) is 0 Å². The number of carbonyl (C=O) groups is 2. The van der Waals surface area contributed by atoms with Crippen molar-refractivity contribution in [3.63, 3.8) is 0 Å². The zero-order valence-corrected chi connectivity index (χ0v) is 11.7. The van der Waals surface area contributed by atoms with E-state index in [0.29, 0.717) is 5.41 Å². The molecule has 1 rings (SSSR count). The van der Waals surface area contributed by atoms with Gasteiger partial charge in [-0.1, -0.05) is 27.2 Å². The maximum absolute atomic E-state index is 11.4. The Hall–Kier alpha value is -1.06. The molecule has 0 aliphatic heterocycles. The third-order valence-corrected chi connectivity index (χ3v) is 4.42. The summed E-state index contributed by atoms with van der Waals surface area (Å²) in [5, 5.41) is 11.4. The van der Waals surface area contributed by atoms with Gasteiger partial charge in [0.05, 0.1) is 0 Å². The Morgan fingerprint density at radius 3 is 2.22 bits per heavy atom. The first-order valence-electron chi connectivity index (χ1n) is 6.86. The molecule has 0 heterocycles. The minimum atomic E-state index is -1.06. The molecule has 0 aromatic carbocycles. The van der Waals surface area contributed by atoms with Gasteiger partial charge in [-0.2, -0.15) is 0 Å². The van der Waals surface area contributed by atoms with E-state index in [1.807, 2.05) is 0 Å². The molecule has 4 heteroatoms. The second kappa shape index (κ2) is 6.21. The Balaban J connectivity index is 2.36. The van der Waals surface area contributed by atoms with Crippen molar-refractivity contribution < 1.29 is 14.7 Å². The van der Waals surface area contributed by atoms with Gasteiger partial charge >= 0.3 is 5.97 Å². The lowest BCUT2D eigenvalue weighted by atomic mass is 9.69. The molecule has 2 N–H and O–H groups in total. The quantitative estimate of drug-likeness (QED) is 0.742. The normalized spacial score (nSPS) is 24.6. The summed E-state index contributed by atoms with van der Waals surface area (Å²) in [4.78, 5) is 21.8. The zero-order chi connectivity index (χ0) is 13.8. The highest BCUT2D eigenvalue weighted by Crippen LogP contribution is 2.40. The summed E-state index contributed by atoms with van der Waals surface area (Å²) in [5.74, 6) is -0.705. The number of nitrogens with one attached hydrogen (secondary N) is 1. The highest BCUT2D eigenvalue weighted by Gasteiger charge is 2.32. The lowest BCUT2D eigenvalue weighted by Crippen LogP contribution is -2.40. The van der Waals surface area contributed by atoms with E-state index in [4.69, 9.17) is 5.11 Å². The average Bonchev–Trinajstić information content (AvgIpc) is 2.28. The molecule has 0 bridgehead atoms. The van der Waals surface area contributed by atoms with Gasteiger partial charge in [0.1, 0.15) is 6.42 Å². The molecule has 0 aromatic rings. The Morgan fingerprint density at radius 1 is 1.22 bits per heavy atom. The Labute approximate surface area is 109 Å². The molecule has 104 valence electrons. The predicted octanol–water partition coefficient (Wildman–Crippen LogP) is 2.57. The molecule has 0 radical (unpaired) electrons. The first-order valence-corrected chi connectivity index (χ1v) is 6.86. The summed E-state index contributed by atoms with van der Waals surface area (Å²) >= 11 is 0. The molecular weight excluding hydrogens is 230 g/mol. The predicted molar refractivity (Wildman–Crippen MR) is 70.2 cm³/mol. The first kappa shape index (κ1) is 15.0. The lowest BCUT2D eigenvalue weighted by Gasteiger charge is -2.39. The fraction of sp³-hybridized carbons (Fsp3) is 0.857. The van der Waals surface area contributed by atoms with Crippen molar-refractivity contribution in [3.05, 3.63) is 0 Å². The second-order valence-corrected chi connectivity index (χ2v) is 6.03. The molecule has 0 saturated heterocycles. The highest BCUT2D eigenvalue weighted by atomic mass is 16.4. The van der Waals surface area contributed by atoms with Gasteiger partial charge < -0.3 is 10.4 Å². The highest BCUT2D eigenvalue weighted by molar-refractivity contribution is 5.93. The number of carbonyl (C=O) groups excluding carboxylic acids is 1.